The van der Waals surface area contributed by atoms with Crippen molar-refractivity contribution in [3.63, 3.8) is 0 Å². The molecule has 3 heterocycles. The maximum absolute atomic E-state index is 13.5. The fraction of sp³-hybridized carbons (Fsp3) is 0.500. The third kappa shape index (κ3) is 2.91. The van der Waals surface area contributed by atoms with Crippen LogP contribution in [-0.4, -0.2) is 44.1 Å². The number of para-hydroxylation sites is 1. The second-order valence-corrected chi connectivity index (χ2v) is 8.79. The summed E-state index contributed by atoms with van der Waals surface area (Å²) < 4.78 is 11.5. The number of carbonyl (C=O) groups excluding carboxylic acids is 3. The van der Waals surface area contributed by atoms with Crippen LogP contribution in [0.25, 0.3) is 0 Å². The lowest BCUT2D eigenvalue weighted by Crippen LogP contribution is -2.52. The van der Waals surface area contributed by atoms with Gasteiger partial charge in [0, 0.05) is 17.9 Å². The van der Waals surface area contributed by atoms with Crippen LogP contribution >= 0.6 is 0 Å². The molecule has 29 heavy (non-hydrogen) atoms. The number of nitrogens with zero attached hydrogens (tertiary/aromatic N) is 1. The van der Waals surface area contributed by atoms with E-state index < -0.39 is 16.9 Å². The van der Waals surface area contributed by atoms with Gasteiger partial charge in [-0.05, 0) is 32.4 Å². The molecular weight excluding hydrogens is 374 g/mol. The highest BCUT2D eigenvalue weighted by atomic mass is 16.7. The topological polar surface area (TPSA) is 82.1 Å². The molecule has 0 N–H and O–H groups in total. The van der Waals surface area contributed by atoms with E-state index in [1.807, 2.05) is 18.2 Å². The minimum atomic E-state index is -1.32. The lowest BCUT2D eigenvalue weighted by atomic mass is 9.74. The SMILES string of the molecule is CON1C(=O)[C@@]2(C=C(COC(=O)C(C)(C)C)[C@H]3CO[C@@H]2C(=O)C3)c2ccccc21. The van der Waals surface area contributed by atoms with Crippen LogP contribution in [0, 0.1) is 11.3 Å². The number of hydrogen-bond donors (Lipinski definition) is 0. The van der Waals surface area contributed by atoms with E-state index in [0.717, 1.165) is 5.57 Å². The number of hydroxylamine groups is 1. The van der Waals surface area contributed by atoms with Crippen LogP contribution in [0.4, 0.5) is 5.69 Å². The Morgan fingerprint density at radius 1 is 1.28 bits per heavy atom. The predicted molar refractivity (Wildman–Crippen MR) is 104 cm³/mol. The maximum atomic E-state index is 13.5. The molecule has 1 fully saturated rings. The molecule has 3 atom stereocenters. The van der Waals surface area contributed by atoms with Crippen LogP contribution < -0.4 is 5.06 Å². The largest absolute Gasteiger partial charge is 0.461 e. The highest BCUT2D eigenvalue weighted by Gasteiger charge is 2.61. The van der Waals surface area contributed by atoms with Crippen molar-refractivity contribution in [2.45, 2.75) is 38.7 Å². The normalized spacial score (nSPS) is 28.4. The molecule has 0 unspecified atom stereocenters. The summed E-state index contributed by atoms with van der Waals surface area (Å²) >= 11 is 0. The number of ketones is 1. The molecule has 1 aromatic rings. The number of carbonyl (C=O) groups is 3. The lowest BCUT2D eigenvalue weighted by molar-refractivity contribution is -0.152. The molecule has 0 aromatic heterocycles. The Kier molecular flexibility index (Phi) is 4.63. The third-order valence-corrected chi connectivity index (χ3v) is 5.83. The van der Waals surface area contributed by atoms with Gasteiger partial charge in [0.2, 0.25) is 0 Å². The van der Waals surface area contributed by atoms with Crippen LogP contribution in [0.1, 0.15) is 32.8 Å². The molecule has 7 heteroatoms. The van der Waals surface area contributed by atoms with E-state index in [0.29, 0.717) is 17.9 Å². The van der Waals surface area contributed by atoms with Crippen LogP contribution in [0.5, 0.6) is 0 Å². The quantitative estimate of drug-likeness (QED) is 0.573. The second-order valence-electron chi connectivity index (χ2n) is 8.79. The summed E-state index contributed by atoms with van der Waals surface area (Å²) in [5.41, 5.74) is 0.0163. The van der Waals surface area contributed by atoms with E-state index in [4.69, 9.17) is 14.3 Å². The van der Waals surface area contributed by atoms with Gasteiger partial charge in [-0.3, -0.25) is 19.2 Å². The van der Waals surface area contributed by atoms with E-state index in [1.54, 1.807) is 32.9 Å². The highest BCUT2D eigenvalue weighted by molar-refractivity contribution is 6.12. The van der Waals surface area contributed by atoms with Crippen molar-refractivity contribution in [3.8, 4) is 0 Å². The zero-order valence-electron chi connectivity index (χ0n) is 17.1. The average Bonchev–Trinajstić information content (AvgIpc) is 2.77. The summed E-state index contributed by atoms with van der Waals surface area (Å²) in [7, 11) is 1.42. The van der Waals surface area contributed by atoms with Gasteiger partial charge >= 0.3 is 5.97 Å². The number of ether oxygens (including phenoxy) is 2. The van der Waals surface area contributed by atoms with E-state index in [9.17, 15) is 14.4 Å². The predicted octanol–water partition coefficient (Wildman–Crippen LogP) is 2.34. The monoisotopic (exact) mass is 399 g/mol. The minimum Gasteiger partial charge on any atom is -0.461 e. The Hall–Kier alpha value is -2.51. The fourth-order valence-electron chi connectivity index (χ4n) is 4.32. The van der Waals surface area contributed by atoms with Crippen molar-refractivity contribution < 1.29 is 28.7 Å². The first-order valence-corrected chi connectivity index (χ1v) is 9.71. The average molecular weight is 399 g/mol. The first-order chi connectivity index (χ1) is 13.7. The number of anilines is 1. The van der Waals surface area contributed by atoms with E-state index in [1.165, 1.54) is 12.2 Å². The number of hydrogen-bond acceptors (Lipinski definition) is 6. The summed E-state index contributed by atoms with van der Waals surface area (Å²) in [6.07, 6.45) is 1.12. The number of Topliss-reactive ketones (excluding diaryl/α,β-unsaturated/α-hetero) is 1. The number of benzene rings is 1. The first kappa shape index (κ1) is 19.8. The Morgan fingerprint density at radius 3 is 2.66 bits per heavy atom. The summed E-state index contributed by atoms with van der Waals surface area (Å²) in [5.74, 6) is -1.06. The number of amides is 1. The van der Waals surface area contributed by atoms with Gasteiger partial charge in [-0.2, -0.15) is 5.06 Å². The van der Waals surface area contributed by atoms with Gasteiger partial charge in [0.25, 0.3) is 5.91 Å². The van der Waals surface area contributed by atoms with E-state index in [-0.39, 0.29) is 36.6 Å². The summed E-state index contributed by atoms with van der Waals surface area (Å²) in [4.78, 5) is 44.1. The Balaban J connectivity index is 1.82. The van der Waals surface area contributed by atoms with Crippen molar-refractivity contribution >= 4 is 23.3 Å². The standard InChI is InChI=1S/C22H25NO6/c1-21(2,3)20(26)29-12-14-10-22(18-17(24)9-13(14)11-28-18)15-7-5-6-8-16(15)23(27-4)19(22)25/h5-8,10,13,18H,9,11-12H2,1-4H3/t13-,18-,22+/m1/s1. The molecule has 2 bridgehead atoms. The van der Waals surface area contributed by atoms with Crippen molar-refractivity contribution in [2.75, 3.05) is 25.4 Å². The van der Waals surface area contributed by atoms with Crippen molar-refractivity contribution in [2.24, 2.45) is 11.3 Å². The van der Waals surface area contributed by atoms with E-state index >= 15 is 0 Å². The summed E-state index contributed by atoms with van der Waals surface area (Å²) in [5, 5.41) is 1.21. The molecule has 1 aromatic carbocycles. The van der Waals surface area contributed by atoms with Crippen LogP contribution in [0.15, 0.2) is 35.9 Å². The van der Waals surface area contributed by atoms with Crippen LogP contribution in [0.2, 0.25) is 0 Å². The Morgan fingerprint density at radius 2 is 2.00 bits per heavy atom. The molecule has 0 saturated carbocycles. The molecule has 1 aliphatic carbocycles. The molecular formula is C22H25NO6. The number of fused-ring (bicyclic) bond motifs is 3. The van der Waals surface area contributed by atoms with Crippen LogP contribution in [-0.2, 0) is 34.1 Å². The van der Waals surface area contributed by atoms with Gasteiger partial charge in [0.1, 0.15) is 18.1 Å². The smallest absolute Gasteiger partial charge is 0.311 e. The highest BCUT2D eigenvalue weighted by Crippen LogP contribution is 2.50. The van der Waals surface area contributed by atoms with Gasteiger partial charge in [-0.25, -0.2) is 0 Å². The third-order valence-electron chi connectivity index (χ3n) is 5.83. The molecule has 1 spiro atoms. The molecule has 3 aliphatic heterocycles. The fourth-order valence-corrected chi connectivity index (χ4v) is 4.32. The minimum absolute atomic E-state index is 0.0221. The van der Waals surface area contributed by atoms with Gasteiger partial charge in [-0.1, -0.05) is 24.3 Å². The van der Waals surface area contributed by atoms with Gasteiger partial charge < -0.3 is 9.47 Å². The molecule has 0 radical (unpaired) electrons. The lowest BCUT2D eigenvalue weighted by Gasteiger charge is -2.33. The molecule has 4 aliphatic rings. The zero-order chi connectivity index (χ0) is 21.0. The summed E-state index contributed by atoms with van der Waals surface area (Å²) in [6.45, 7) is 5.67. The van der Waals surface area contributed by atoms with Crippen molar-refractivity contribution in [3.05, 3.63) is 41.5 Å². The summed E-state index contributed by atoms with van der Waals surface area (Å²) in [6, 6.07) is 7.23. The molecule has 1 saturated heterocycles. The first-order valence-electron chi connectivity index (χ1n) is 9.71. The van der Waals surface area contributed by atoms with Gasteiger partial charge in [0.05, 0.1) is 24.8 Å². The number of esters is 1. The maximum Gasteiger partial charge on any atom is 0.311 e. The Bertz CT molecular complexity index is 914. The number of rotatable bonds is 3. The van der Waals surface area contributed by atoms with E-state index in [2.05, 4.69) is 0 Å². The zero-order valence-corrected chi connectivity index (χ0v) is 17.1. The Labute approximate surface area is 169 Å². The van der Waals surface area contributed by atoms with Gasteiger partial charge in [-0.15, -0.1) is 0 Å². The van der Waals surface area contributed by atoms with Crippen LogP contribution in [0.3, 0.4) is 0 Å². The molecule has 1 amide bonds. The molecule has 7 nitrogen and oxygen atoms in total. The second kappa shape index (κ2) is 6.78. The molecule has 5 rings (SSSR count). The van der Waals surface area contributed by atoms with Gasteiger partial charge in [0.15, 0.2) is 5.78 Å². The van der Waals surface area contributed by atoms with Crippen molar-refractivity contribution in [1.82, 2.24) is 0 Å². The molecule has 154 valence electrons. The van der Waals surface area contributed by atoms with Crippen molar-refractivity contribution in [1.29, 1.82) is 0 Å².